The highest BCUT2D eigenvalue weighted by Crippen LogP contribution is 2.36. The monoisotopic (exact) mass is 515 g/mol. The summed E-state index contributed by atoms with van der Waals surface area (Å²) in [6, 6.07) is 7.86. The molecule has 182 valence electrons. The molecule has 2 unspecified atom stereocenters. The number of likely N-dealkylation sites (tertiary alicyclic amines) is 1. The highest BCUT2D eigenvalue weighted by molar-refractivity contribution is 6.34. The zero-order valence-electron chi connectivity index (χ0n) is 19.1. The van der Waals surface area contributed by atoms with Crippen LogP contribution in [0.2, 0.25) is 10.0 Å². The van der Waals surface area contributed by atoms with Crippen molar-refractivity contribution in [1.29, 1.82) is 0 Å². The van der Waals surface area contributed by atoms with Gasteiger partial charge in [0.25, 0.3) is 5.91 Å². The van der Waals surface area contributed by atoms with Crippen LogP contribution in [0.3, 0.4) is 0 Å². The van der Waals surface area contributed by atoms with Gasteiger partial charge < -0.3 is 9.80 Å². The van der Waals surface area contributed by atoms with E-state index in [1.807, 2.05) is 6.92 Å². The fourth-order valence-corrected chi connectivity index (χ4v) is 5.37. The van der Waals surface area contributed by atoms with Crippen molar-refractivity contribution in [3.8, 4) is 11.1 Å². The number of hydrogen-bond donors (Lipinski definition) is 0. The second-order valence-electron chi connectivity index (χ2n) is 8.85. The van der Waals surface area contributed by atoms with Crippen LogP contribution >= 0.6 is 23.2 Å². The van der Waals surface area contributed by atoms with E-state index in [4.69, 9.17) is 23.2 Å². The number of rotatable bonds is 4. The van der Waals surface area contributed by atoms with Gasteiger partial charge in [-0.2, -0.15) is 5.10 Å². The Labute approximate surface area is 212 Å². The van der Waals surface area contributed by atoms with Crippen LogP contribution in [0.25, 0.3) is 16.6 Å². The fraction of sp³-hybridized carbons (Fsp3) is 0.320. The number of nitrogens with zero attached hydrogens (tertiary/aromatic N) is 5. The topological polar surface area (TPSA) is 61.2 Å². The number of aromatic nitrogens is 2. The molecule has 0 saturated carbocycles. The molecule has 0 N–H and O–H groups in total. The van der Waals surface area contributed by atoms with Crippen molar-refractivity contribution in [2.24, 2.45) is 0 Å². The van der Waals surface area contributed by atoms with Crippen molar-refractivity contribution >= 4 is 40.5 Å². The van der Waals surface area contributed by atoms with Crippen LogP contribution in [0.15, 0.2) is 49.2 Å². The van der Waals surface area contributed by atoms with E-state index >= 15 is 0 Å². The first kappa shape index (κ1) is 23.8. The van der Waals surface area contributed by atoms with E-state index < -0.39 is 5.82 Å². The second-order valence-corrected chi connectivity index (χ2v) is 9.70. The first-order valence-electron chi connectivity index (χ1n) is 11.4. The lowest BCUT2D eigenvalue weighted by Crippen LogP contribution is -2.69. The van der Waals surface area contributed by atoms with Crippen molar-refractivity contribution in [3.05, 3.63) is 70.7 Å². The molecule has 2 aromatic heterocycles. The molecule has 0 aliphatic carbocycles. The smallest absolute Gasteiger partial charge is 0.275 e. The Morgan fingerprint density at radius 3 is 2.54 bits per heavy atom. The van der Waals surface area contributed by atoms with Crippen LogP contribution in [0.4, 0.5) is 4.39 Å². The van der Waals surface area contributed by atoms with Gasteiger partial charge in [-0.15, -0.1) is 0 Å². The van der Waals surface area contributed by atoms with Gasteiger partial charge in [0.15, 0.2) is 5.69 Å². The highest BCUT2D eigenvalue weighted by Gasteiger charge is 2.42. The Balaban J connectivity index is 1.39. The van der Waals surface area contributed by atoms with Crippen LogP contribution in [-0.4, -0.2) is 80.9 Å². The summed E-state index contributed by atoms with van der Waals surface area (Å²) in [7, 11) is 0. The van der Waals surface area contributed by atoms with Crippen LogP contribution in [-0.2, 0) is 4.79 Å². The summed E-state index contributed by atoms with van der Waals surface area (Å²) in [5.41, 5.74) is 1.90. The lowest BCUT2D eigenvalue weighted by molar-refractivity contribution is -0.139. The van der Waals surface area contributed by atoms with Crippen molar-refractivity contribution in [2.75, 3.05) is 32.7 Å². The van der Waals surface area contributed by atoms with Gasteiger partial charge in [0.05, 0.1) is 10.5 Å². The van der Waals surface area contributed by atoms with Gasteiger partial charge in [-0.25, -0.2) is 8.91 Å². The van der Waals surface area contributed by atoms with Gasteiger partial charge in [-0.05, 0) is 43.3 Å². The van der Waals surface area contributed by atoms with E-state index in [0.29, 0.717) is 54.4 Å². The molecule has 35 heavy (non-hydrogen) atoms. The lowest BCUT2D eigenvalue weighted by atomic mass is 9.95. The van der Waals surface area contributed by atoms with Gasteiger partial charge in [0.1, 0.15) is 5.82 Å². The maximum Gasteiger partial charge on any atom is 0.275 e. The molecule has 4 heterocycles. The summed E-state index contributed by atoms with van der Waals surface area (Å²) < 4.78 is 15.3. The van der Waals surface area contributed by atoms with Gasteiger partial charge in [-0.1, -0.05) is 29.8 Å². The molecule has 5 rings (SSSR count). The second kappa shape index (κ2) is 9.26. The molecule has 2 fully saturated rings. The summed E-state index contributed by atoms with van der Waals surface area (Å²) in [4.78, 5) is 31.5. The largest absolute Gasteiger partial charge is 0.335 e. The summed E-state index contributed by atoms with van der Waals surface area (Å²) in [5.74, 6) is -0.734. The molecule has 0 radical (unpaired) electrons. The molecule has 2 saturated heterocycles. The summed E-state index contributed by atoms with van der Waals surface area (Å²) in [5, 5.41) is 5.23. The summed E-state index contributed by atoms with van der Waals surface area (Å²) in [6.07, 6.45) is 3.03. The number of halogens is 3. The molecular weight excluding hydrogens is 492 g/mol. The van der Waals surface area contributed by atoms with E-state index in [1.54, 1.807) is 38.7 Å². The molecular formula is C25H24Cl2FN5O2. The minimum Gasteiger partial charge on any atom is -0.335 e. The fourth-order valence-electron chi connectivity index (χ4n) is 4.95. The zero-order valence-corrected chi connectivity index (χ0v) is 20.6. The highest BCUT2D eigenvalue weighted by atomic mass is 35.5. The average molecular weight is 516 g/mol. The Hall–Kier alpha value is -2.94. The molecule has 2 atom stereocenters. The predicted molar refractivity (Wildman–Crippen MR) is 133 cm³/mol. The third kappa shape index (κ3) is 4.20. The minimum atomic E-state index is -0.462. The van der Waals surface area contributed by atoms with Crippen LogP contribution in [0, 0.1) is 5.82 Å². The molecule has 0 bridgehead atoms. The zero-order chi connectivity index (χ0) is 24.9. The number of benzene rings is 1. The van der Waals surface area contributed by atoms with E-state index in [9.17, 15) is 14.0 Å². The normalized spacial score (nSPS) is 20.7. The van der Waals surface area contributed by atoms with E-state index in [2.05, 4.69) is 16.6 Å². The van der Waals surface area contributed by atoms with Crippen molar-refractivity contribution < 1.29 is 14.0 Å². The summed E-state index contributed by atoms with van der Waals surface area (Å²) >= 11 is 12.6. The Morgan fingerprint density at radius 1 is 1.14 bits per heavy atom. The Kier molecular flexibility index (Phi) is 6.29. The predicted octanol–water partition coefficient (Wildman–Crippen LogP) is 3.99. The van der Waals surface area contributed by atoms with E-state index in [-0.39, 0.29) is 34.6 Å². The number of piperazine rings is 1. The molecule has 3 aromatic rings. The number of carbonyl (C=O) groups is 2. The van der Waals surface area contributed by atoms with Crippen LogP contribution in [0.1, 0.15) is 17.4 Å². The van der Waals surface area contributed by atoms with Gasteiger partial charge in [0.2, 0.25) is 5.91 Å². The average Bonchev–Trinajstić information content (AvgIpc) is 3.21. The number of amides is 2. The van der Waals surface area contributed by atoms with Crippen molar-refractivity contribution in [3.63, 3.8) is 0 Å². The third-order valence-corrected chi connectivity index (χ3v) is 7.51. The third-order valence-electron chi connectivity index (χ3n) is 6.96. The molecule has 2 aliphatic rings. The quantitative estimate of drug-likeness (QED) is 0.493. The summed E-state index contributed by atoms with van der Waals surface area (Å²) in [6.45, 7) is 8.72. The number of pyridine rings is 1. The Morgan fingerprint density at radius 2 is 1.89 bits per heavy atom. The van der Waals surface area contributed by atoms with Gasteiger partial charge >= 0.3 is 0 Å². The molecule has 7 nitrogen and oxygen atoms in total. The number of fused-ring (bicyclic) bond motifs is 1. The van der Waals surface area contributed by atoms with Gasteiger partial charge in [-0.3, -0.25) is 14.5 Å². The van der Waals surface area contributed by atoms with Crippen LogP contribution < -0.4 is 0 Å². The maximum absolute atomic E-state index is 13.7. The first-order chi connectivity index (χ1) is 16.8. The molecule has 2 amide bonds. The van der Waals surface area contributed by atoms with E-state index in [0.717, 1.165) is 0 Å². The molecule has 10 heteroatoms. The standard InChI is InChI=1S/C25H24Cl2FN5O2/c1-3-22(34)32-14-21(15(32)2)30-8-10-31(11-9-30)25(35)24-23(18-5-4-17(28)13-19(18)27)20-12-16(26)6-7-33(20)29-24/h3-7,12-13,15,21H,1,8-11,14H2,2H3. The lowest BCUT2D eigenvalue weighted by Gasteiger charge is -2.52. The maximum atomic E-state index is 13.7. The van der Waals surface area contributed by atoms with Crippen LogP contribution in [0.5, 0.6) is 0 Å². The minimum absolute atomic E-state index is 0.0542. The van der Waals surface area contributed by atoms with E-state index in [1.165, 1.54) is 18.2 Å². The number of carbonyl (C=O) groups excluding carboxylic acids is 2. The molecule has 1 aromatic carbocycles. The Bertz CT molecular complexity index is 1330. The molecule has 0 spiro atoms. The number of hydrogen-bond acceptors (Lipinski definition) is 4. The molecule has 2 aliphatic heterocycles. The first-order valence-corrected chi connectivity index (χ1v) is 12.1. The van der Waals surface area contributed by atoms with Crippen molar-refractivity contribution in [2.45, 2.75) is 19.0 Å². The SMILES string of the molecule is C=CC(=O)N1CC(N2CCN(C(=O)c3nn4ccc(Cl)cc4c3-c3ccc(F)cc3Cl)CC2)C1C. The van der Waals surface area contributed by atoms with Crippen molar-refractivity contribution in [1.82, 2.24) is 24.3 Å². The van der Waals surface area contributed by atoms with Gasteiger partial charge in [0, 0.05) is 67.2 Å².